The van der Waals surface area contributed by atoms with Gasteiger partial charge in [0.25, 0.3) is 0 Å². The predicted molar refractivity (Wildman–Crippen MR) is 75.4 cm³/mol. The number of rotatable bonds is 8. The lowest BCUT2D eigenvalue weighted by Gasteiger charge is -2.12. The summed E-state index contributed by atoms with van der Waals surface area (Å²) >= 11 is 0. The maximum absolute atomic E-state index is 5.52. The van der Waals surface area contributed by atoms with Gasteiger partial charge in [0.05, 0.1) is 26.4 Å². The van der Waals surface area contributed by atoms with Gasteiger partial charge < -0.3 is 19.5 Å². The van der Waals surface area contributed by atoms with Crippen LogP contribution in [0.15, 0.2) is 24.3 Å². The number of hydrogen-bond acceptors (Lipinski definition) is 4. The first-order valence-corrected chi connectivity index (χ1v) is 6.85. The van der Waals surface area contributed by atoms with Crippen LogP contribution in [0.1, 0.15) is 12.0 Å². The molecular formula is C15H23NO3. The molecule has 1 N–H and O–H groups in total. The van der Waals surface area contributed by atoms with Gasteiger partial charge in [-0.05, 0) is 24.1 Å². The third kappa shape index (κ3) is 5.19. The standard InChI is InChI=1S/C15H23NO3/c1-17-7-8-19-11-13-3-2-4-15(9-13)16-10-14-5-6-18-12-14/h2-4,9,14,16H,5-8,10-12H2,1H3. The molecule has 0 spiro atoms. The molecule has 1 atom stereocenters. The second kappa shape index (κ2) is 8.15. The molecular weight excluding hydrogens is 242 g/mol. The smallest absolute Gasteiger partial charge is 0.0718 e. The van der Waals surface area contributed by atoms with Crippen LogP contribution in [0.2, 0.25) is 0 Å². The Bertz CT molecular complexity index is 364. The molecule has 0 saturated carbocycles. The summed E-state index contributed by atoms with van der Waals surface area (Å²) in [5.74, 6) is 0.640. The van der Waals surface area contributed by atoms with Crippen LogP contribution in [-0.2, 0) is 20.8 Å². The Morgan fingerprint density at radius 3 is 3.11 bits per heavy atom. The minimum absolute atomic E-state index is 0.630. The first-order chi connectivity index (χ1) is 9.38. The number of anilines is 1. The summed E-state index contributed by atoms with van der Waals surface area (Å²) in [6, 6.07) is 8.37. The maximum Gasteiger partial charge on any atom is 0.0718 e. The summed E-state index contributed by atoms with van der Waals surface area (Å²) in [6.07, 6.45) is 1.16. The van der Waals surface area contributed by atoms with E-state index in [2.05, 4.69) is 29.6 Å². The lowest BCUT2D eigenvalue weighted by atomic mass is 10.1. The largest absolute Gasteiger partial charge is 0.385 e. The van der Waals surface area contributed by atoms with E-state index in [9.17, 15) is 0 Å². The van der Waals surface area contributed by atoms with Crippen molar-refractivity contribution in [3.63, 3.8) is 0 Å². The van der Waals surface area contributed by atoms with Crippen LogP contribution in [-0.4, -0.2) is 40.1 Å². The minimum Gasteiger partial charge on any atom is -0.385 e. The normalized spacial score (nSPS) is 18.7. The number of benzene rings is 1. The summed E-state index contributed by atoms with van der Waals surface area (Å²) in [7, 11) is 1.68. The van der Waals surface area contributed by atoms with Gasteiger partial charge in [0.1, 0.15) is 0 Å². The molecule has 1 aromatic rings. The van der Waals surface area contributed by atoms with E-state index in [0.29, 0.717) is 25.7 Å². The van der Waals surface area contributed by atoms with Crippen molar-refractivity contribution in [2.45, 2.75) is 13.0 Å². The lowest BCUT2D eigenvalue weighted by Crippen LogP contribution is -2.14. The van der Waals surface area contributed by atoms with Crippen molar-refractivity contribution in [2.24, 2.45) is 5.92 Å². The van der Waals surface area contributed by atoms with E-state index < -0.39 is 0 Å². The quantitative estimate of drug-likeness (QED) is 0.732. The Morgan fingerprint density at radius 1 is 1.37 bits per heavy atom. The number of nitrogens with one attached hydrogen (secondary N) is 1. The third-order valence-electron chi connectivity index (χ3n) is 3.25. The van der Waals surface area contributed by atoms with Crippen LogP contribution >= 0.6 is 0 Å². The molecule has 106 valence electrons. The number of methoxy groups -OCH3 is 1. The van der Waals surface area contributed by atoms with Gasteiger partial charge in [0.2, 0.25) is 0 Å². The molecule has 1 fully saturated rings. The highest BCUT2D eigenvalue weighted by Crippen LogP contribution is 2.16. The molecule has 0 amide bonds. The van der Waals surface area contributed by atoms with E-state index in [1.165, 1.54) is 5.56 Å². The number of hydrogen-bond donors (Lipinski definition) is 1. The highest BCUT2D eigenvalue weighted by Gasteiger charge is 2.14. The van der Waals surface area contributed by atoms with Gasteiger partial charge in [0, 0.05) is 31.9 Å². The van der Waals surface area contributed by atoms with Gasteiger partial charge in [-0.25, -0.2) is 0 Å². The average molecular weight is 265 g/mol. The van der Waals surface area contributed by atoms with Gasteiger partial charge in [-0.15, -0.1) is 0 Å². The molecule has 0 aliphatic carbocycles. The number of ether oxygens (including phenoxy) is 3. The highest BCUT2D eigenvalue weighted by molar-refractivity contribution is 5.45. The van der Waals surface area contributed by atoms with E-state index in [4.69, 9.17) is 14.2 Å². The molecule has 0 aromatic heterocycles. The first-order valence-electron chi connectivity index (χ1n) is 6.85. The third-order valence-corrected chi connectivity index (χ3v) is 3.25. The summed E-state index contributed by atoms with van der Waals surface area (Å²) in [4.78, 5) is 0. The van der Waals surface area contributed by atoms with Crippen molar-refractivity contribution >= 4 is 5.69 Å². The zero-order valence-corrected chi connectivity index (χ0v) is 11.6. The van der Waals surface area contributed by atoms with E-state index in [0.717, 1.165) is 31.9 Å². The van der Waals surface area contributed by atoms with E-state index in [-0.39, 0.29) is 0 Å². The first kappa shape index (κ1) is 14.3. The van der Waals surface area contributed by atoms with Crippen LogP contribution < -0.4 is 5.32 Å². The van der Waals surface area contributed by atoms with Crippen LogP contribution in [0.25, 0.3) is 0 Å². The topological polar surface area (TPSA) is 39.7 Å². The molecule has 0 radical (unpaired) electrons. The van der Waals surface area contributed by atoms with Gasteiger partial charge in [-0.1, -0.05) is 12.1 Å². The van der Waals surface area contributed by atoms with E-state index in [1.807, 2.05) is 0 Å². The fourth-order valence-electron chi connectivity index (χ4n) is 2.11. The van der Waals surface area contributed by atoms with Gasteiger partial charge in [-0.3, -0.25) is 0 Å². The van der Waals surface area contributed by atoms with Gasteiger partial charge in [0.15, 0.2) is 0 Å². The average Bonchev–Trinajstić information content (AvgIpc) is 2.95. The summed E-state index contributed by atoms with van der Waals surface area (Å²) in [6.45, 7) is 4.67. The van der Waals surface area contributed by atoms with E-state index >= 15 is 0 Å². The Hall–Kier alpha value is -1.10. The molecule has 1 unspecified atom stereocenters. The summed E-state index contributed by atoms with van der Waals surface area (Å²) < 4.78 is 15.8. The SMILES string of the molecule is COCCOCc1cccc(NCC2CCOC2)c1. The fourth-order valence-corrected chi connectivity index (χ4v) is 2.11. The molecule has 4 nitrogen and oxygen atoms in total. The van der Waals surface area contributed by atoms with Crippen molar-refractivity contribution < 1.29 is 14.2 Å². The highest BCUT2D eigenvalue weighted by atomic mass is 16.5. The minimum atomic E-state index is 0.630. The zero-order valence-electron chi connectivity index (χ0n) is 11.6. The monoisotopic (exact) mass is 265 g/mol. The maximum atomic E-state index is 5.52. The lowest BCUT2D eigenvalue weighted by molar-refractivity contribution is 0.0617. The van der Waals surface area contributed by atoms with Crippen LogP contribution in [0.3, 0.4) is 0 Å². The van der Waals surface area contributed by atoms with Crippen molar-refractivity contribution in [1.82, 2.24) is 0 Å². The van der Waals surface area contributed by atoms with Crippen LogP contribution in [0, 0.1) is 5.92 Å². The van der Waals surface area contributed by atoms with Crippen molar-refractivity contribution in [2.75, 3.05) is 45.4 Å². The molecule has 2 rings (SSSR count). The molecule has 4 heteroatoms. The zero-order chi connectivity index (χ0) is 13.3. The Kier molecular flexibility index (Phi) is 6.14. The molecule has 1 heterocycles. The molecule has 1 aliphatic rings. The molecule has 1 saturated heterocycles. The summed E-state index contributed by atoms with van der Waals surface area (Å²) in [5.41, 5.74) is 2.34. The summed E-state index contributed by atoms with van der Waals surface area (Å²) in [5, 5.41) is 3.47. The van der Waals surface area contributed by atoms with Crippen molar-refractivity contribution in [3.05, 3.63) is 29.8 Å². The second-order valence-corrected chi connectivity index (χ2v) is 4.86. The Balaban J connectivity index is 1.74. The molecule has 1 aliphatic heterocycles. The predicted octanol–water partition coefficient (Wildman–Crippen LogP) is 2.30. The Labute approximate surface area is 115 Å². The van der Waals surface area contributed by atoms with Crippen molar-refractivity contribution in [3.8, 4) is 0 Å². The van der Waals surface area contributed by atoms with Gasteiger partial charge in [-0.2, -0.15) is 0 Å². The van der Waals surface area contributed by atoms with Gasteiger partial charge >= 0.3 is 0 Å². The fraction of sp³-hybridized carbons (Fsp3) is 0.600. The van der Waals surface area contributed by atoms with Crippen LogP contribution in [0.5, 0.6) is 0 Å². The van der Waals surface area contributed by atoms with Crippen molar-refractivity contribution in [1.29, 1.82) is 0 Å². The molecule has 0 bridgehead atoms. The molecule has 19 heavy (non-hydrogen) atoms. The second-order valence-electron chi connectivity index (χ2n) is 4.86. The van der Waals surface area contributed by atoms with E-state index in [1.54, 1.807) is 7.11 Å². The van der Waals surface area contributed by atoms with Crippen LogP contribution in [0.4, 0.5) is 5.69 Å². The molecule has 1 aromatic carbocycles. The Morgan fingerprint density at radius 2 is 2.32 bits per heavy atom.